The molecule has 1 rings (SSSR count). The van der Waals surface area contributed by atoms with Crippen molar-refractivity contribution >= 4 is 16.5 Å². The summed E-state index contributed by atoms with van der Waals surface area (Å²) in [4.78, 5) is 5.59. The molecular formula is C13H22F3N3S. The fourth-order valence-electron chi connectivity index (χ4n) is 1.74. The second-order valence-corrected chi connectivity index (χ2v) is 6.02. The molecule has 0 bridgehead atoms. The zero-order valence-corrected chi connectivity index (χ0v) is 12.9. The van der Waals surface area contributed by atoms with Crippen LogP contribution in [-0.2, 0) is 6.54 Å². The summed E-state index contributed by atoms with van der Waals surface area (Å²) < 4.78 is 37.6. The topological polar surface area (TPSA) is 28.2 Å². The normalized spacial score (nSPS) is 12.2. The zero-order valence-electron chi connectivity index (χ0n) is 12.1. The van der Waals surface area contributed by atoms with E-state index in [9.17, 15) is 13.2 Å². The van der Waals surface area contributed by atoms with E-state index in [-0.39, 0.29) is 0 Å². The summed E-state index contributed by atoms with van der Waals surface area (Å²) in [7, 11) is 0. The highest BCUT2D eigenvalue weighted by molar-refractivity contribution is 7.13. The van der Waals surface area contributed by atoms with Crippen molar-refractivity contribution in [3.63, 3.8) is 0 Å². The minimum absolute atomic E-state index is 0.367. The van der Waals surface area contributed by atoms with Crippen LogP contribution in [0.25, 0.3) is 0 Å². The van der Waals surface area contributed by atoms with Crippen molar-refractivity contribution in [1.82, 2.24) is 10.3 Å². The van der Waals surface area contributed by atoms with E-state index in [1.165, 1.54) is 16.2 Å². The maximum Gasteiger partial charge on any atom is 0.406 e. The third-order valence-corrected chi connectivity index (χ3v) is 3.48. The number of aromatic nitrogens is 1. The third-order valence-electron chi connectivity index (χ3n) is 2.53. The highest BCUT2D eigenvalue weighted by atomic mass is 32.1. The molecule has 0 saturated carbocycles. The highest BCUT2D eigenvalue weighted by Gasteiger charge is 2.31. The Morgan fingerprint density at radius 3 is 2.65 bits per heavy atom. The fourth-order valence-corrected chi connectivity index (χ4v) is 2.59. The molecule has 0 saturated heterocycles. The summed E-state index contributed by atoms with van der Waals surface area (Å²) >= 11 is 1.27. The van der Waals surface area contributed by atoms with Crippen LogP contribution in [0, 0.1) is 5.92 Å². The van der Waals surface area contributed by atoms with Gasteiger partial charge in [0, 0.05) is 18.5 Å². The lowest BCUT2D eigenvalue weighted by Crippen LogP contribution is -2.34. The molecule has 1 aromatic rings. The molecule has 20 heavy (non-hydrogen) atoms. The number of hydrogen-bond acceptors (Lipinski definition) is 4. The van der Waals surface area contributed by atoms with Crippen LogP contribution in [0.1, 0.15) is 32.9 Å². The average molecular weight is 309 g/mol. The first-order valence-electron chi connectivity index (χ1n) is 6.78. The van der Waals surface area contributed by atoms with Gasteiger partial charge in [-0.3, -0.25) is 0 Å². The lowest BCUT2D eigenvalue weighted by Gasteiger charge is -2.22. The Kier molecular flexibility index (Phi) is 6.75. The van der Waals surface area contributed by atoms with Gasteiger partial charge in [-0.1, -0.05) is 20.8 Å². The van der Waals surface area contributed by atoms with Crippen molar-refractivity contribution < 1.29 is 13.2 Å². The van der Waals surface area contributed by atoms with E-state index >= 15 is 0 Å². The first-order valence-corrected chi connectivity index (χ1v) is 7.66. The molecule has 0 radical (unpaired) electrons. The van der Waals surface area contributed by atoms with E-state index in [1.54, 1.807) is 0 Å². The summed E-state index contributed by atoms with van der Waals surface area (Å²) in [6, 6.07) is 0. The van der Waals surface area contributed by atoms with Gasteiger partial charge in [0.25, 0.3) is 0 Å². The lowest BCUT2D eigenvalue weighted by molar-refractivity contribution is -0.119. The van der Waals surface area contributed by atoms with E-state index in [4.69, 9.17) is 0 Å². The van der Waals surface area contributed by atoms with Crippen LogP contribution in [0.2, 0.25) is 0 Å². The van der Waals surface area contributed by atoms with Crippen molar-refractivity contribution in [2.24, 2.45) is 5.92 Å². The maximum absolute atomic E-state index is 12.5. The number of rotatable bonds is 8. The van der Waals surface area contributed by atoms with Crippen molar-refractivity contribution in [3.05, 3.63) is 11.1 Å². The van der Waals surface area contributed by atoms with Gasteiger partial charge in [-0.2, -0.15) is 13.2 Å². The van der Waals surface area contributed by atoms with Gasteiger partial charge in [0.15, 0.2) is 5.13 Å². The summed E-state index contributed by atoms with van der Waals surface area (Å²) in [6.07, 6.45) is -3.53. The largest absolute Gasteiger partial charge is 0.406 e. The van der Waals surface area contributed by atoms with Gasteiger partial charge < -0.3 is 10.2 Å². The van der Waals surface area contributed by atoms with Crippen molar-refractivity contribution in [1.29, 1.82) is 0 Å². The molecule has 1 heterocycles. The Hall–Kier alpha value is -0.820. The minimum Gasteiger partial charge on any atom is -0.339 e. The van der Waals surface area contributed by atoms with Gasteiger partial charge in [-0.05, 0) is 18.9 Å². The SMILES string of the molecule is CCCN(CC(F)(F)F)c1nc(CNCC(C)C)cs1. The molecule has 0 aliphatic rings. The molecule has 0 aliphatic heterocycles. The zero-order chi connectivity index (χ0) is 15.2. The molecule has 0 amide bonds. The van der Waals surface area contributed by atoms with Gasteiger partial charge in [0.1, 0.15) is 6.54 Å². The Morgan fingerprint density at radius 1 is 1.40 bits per heavy atom. The third kappa shape index (κ3) is 6.56. The number of anilines is 1. The van der Waals surface area contributed by atoms with E-state index in [0.29, 0.717) is 30.6 Å². The summed E-state index contributed by atoms with van der Waals surface area (Å²) in [6.45, 7) is 6.97. The van der Waals surface area contributed by atoms with Gasteiger partial charge >= 0.3 is 6.18 Å². The monoisotopic (exact) mass is 309 g/mol. The van der Waals surface area contributed by atoms with Crippen LogP contribution >= 0.6 is 11.3 Å². The average Bonchev–Trinajstić information content (AvgIpc) is 2.75. The standard InChI is InChI=1S/C13H22F3N3S/c1-4-5-19(9-13(14,15)16)12-18-11(8-20-12)7-17-6-10(2)3/h8,10,17H,4-7,9H2,1-3H3. The van der Waals surface area contributed by atoms with Crippen molar-refractivity contribution in [3.8, 4) is 0 Å². The number of thiazole rings is 1. The van der Waals surface area contributed by atoms with Crippen LogP contribution in [-0.4, -0.2) is 30.8 Å². The van der Waals surface area contributed by atoms with Crippen LogP contribution in [0.4, 0.5) is 18.3 Å². The highest BCUT2D eigenvalue weighted by Crippen LogP contribution is 2.25. The number of halogens is 3. The summed E-state index contributed by atoms with van der Waals surface area (Å²) in [5.74, 6) is 0.537. The Morgan fingerprint density at radius 2 is 2.10 bits per heavy atom. The quantitative estimate of drug-likeness (QED) is 0.794. The first kappa shape index (κ1) is 17.2. The van der Waals surface area contributed by atoms with Gasteiger partial charge in [-0.25, -0.2) is 4.98 Å². The maximum atomic E-state index is 12.5. The molecule has 0 atom stereocenters. The minimum atomic E-state index is -4.20. The molecular weight excluding hydrogens is 287 g/mol. The Bertz CT molecular complexity index is 390. The predicted octanol–water partition coefficient (Wildman–Crippen LogP) is 3.67. The smallest absolute Gasteiger partial charge is 0.339 e. The lowest BCUT2D eigenvalue weighted by atomic mass is 10.2. The number of alkyl halides is 3. The number of nitrogens with zero attached hydrogens (tertiary/aromatic N) is 2. The van der Waals surface area contributed by atoms with Crippen LogP contribution < -0.4 is 10.2 Å². The molecule has 0 fully saturated rings. The molecule has 0 aliphatic carbocycles. The number of nitrogens with one attached hydrogen (secondary N) is 1. The Labute approximate surface area is 122 Å². The first-order chi connectivity index (χ1) is 9.31. The van der Waals surface area contributed by atoms with Crippen LogP contribution in [0.3, 0.4) is 0 Å². The number of hydrogen-bond donors (Lipinski definition) is 1. The van der Waals surface area contributed by atoms with E-state index in [0.717, 1.165) is 12.2 Å². The van der Waals surface area contributed by atoms with Gasteiger partial charge in [0.2, 0.25) is 0 Å². The van der Waals surface area contributed by atoms with Gasteiger partial charge in [-0.15, -0.1) is 11.3 Å². The molecule has 3 nitrogen and oxygen atoms in total. The summed E-state index contributed by atoms with van der Waals surface area (Å²) in [5.41, 5.74) is 0.800. The van der Waals surface area contributed by atoms with Crippen LogP contribution in [0.15, 0.2) is 5.38 Å². The second kappa shape index (κ2) is 7.83. The molecule has 0 aromatic carbocycles. The molecule has 0 unspecified atom stereocenters. The van der Waals surface area contributed by atoms with E-state index in [2.05, 4.69) is 24.1 Å². The van der Waals surface area contributed by atoms with E-state index in [1.807, 2.05) is 12.3 Å². The molecule has 0 spiro atoms. The van der Waals surface area contributed by atoms with Gasteiger partial charge in [0.05, 0.1) is 5.69 Å². The van der Waals surface area contributed by atoms with Crippen molar-refractivity contribution in [2.75, 3.05) is 24.5 Å². The van der Waals surface area contributed by atoms with Crippen molar-refractivity contribution in [2.45, 2.75) is 39.9 Å². The molecule has 1 aromatic heterocycles. The second-order valence-electron chi connectivity index (χ2n) is 5.18. The van der Waals surface area contributed by atoms with E-state index < -0.39 is 12.7 Å². The molecule has 7 heteroatoms. The Balaban J connectivity index is 2.61. The molecule has 1 N–H and O–H groups in total. The molecule has 116 valence electrons. The van der Waals surface area contributed by atoms with Crippen LogP contribution in [0.5, 0.6) is 0 Å². The fraction of sp³-hybridized carbons (Fsp3) is 0.769. The summed E-state index contributed by atoms with van der Waals surface area (Å²) in [5, 5.41) is 5.51. The predicted molar refractivity (Wildman–Crippen MR) is 77.2 cm³/mol.